The third kappa shape index (κ3) is 5.21. The molecule has 1 saturated heterocycles. The first-order valence-electron chi connectivity index (χ1n) is 10.9. The molecule has 2 aliphatic rings. The molecule has 2 atom stereocenters. The van der Waals surface area contributed by atoms with Gasteiger partial charge in [0.2, 0.25) is 18.6 Å². The highest BCUT2D eigenvalue weighted by Gasteiger charge is 2.35. The van der Waals surface area contributed by atoms with E-state index in [-0.39, 0.29) is 29.4 Å². The average molecular weight is 455 g/mol. The highest BCUT2D eigenvalue weighted by molar-refractivity contribution is 8.00. The first kappa shape index (κ1) is 22.5. The summed E-state index contributed by atoms with van der Waals surface area (Å²) in [5.41, 5.74) is 2.70. The van der Waals surface area contributed by atoms with Crippen LogP contribution in [0, 0.1) is 11.3 Å². The summed E-state index contributed by atoms with van der Waals surface area (Å²) in [5.74, 6) is 2.11. The molecule has 0 saturated carbocycles. The van der Waals surface area contributed by atoms with E-state index < -0.39 is 0 Å². The Morgan fingerprint density at radius 1 is 1.19 bits per heavy atom. The van der Waals surface area contributed by atoms with Crippen molar-refractivity contribution in [3.63, 3.8) is 0 Å². The van der Waals surface area contributed by atoms with Crippen molar-refractivity contribution in [3.05, 3.63) is 48.0 Å². The Balaban J connectivity index is 1.48. The van der Waals surface area contributed by atoms with E-state index in [1.807, 2.05) is 42.5 Å². The number of ether oxygens (including phenoxy) is 2. The van der Waals surface area contributed by atoms with Crippen LogP contribution in [-0.2, 0) is 9.59 Å². The number of carbonyl (C=O) groups excluding carboxylic acids is 2. The molecule has 0 aliphatic carbocycles. The van der Waals surface area contributed by atoms with Crippen LogP contribution in [0.5, 0.6) is 11.5 Å². The largest absolute Gasteiger partial charge is 0.454 e. The van der Waals surface area contributed by atoms with Gasteiger partial charge < -0.3 is 14.8 Å². The van der Waals surface area contributed by atoms with Crippen LogP contribution in [0.1, 0.15) is 51.5 Å². The van der Waals surface area contributed by atoms with E-state index in [2.05, 4.69) is 33.0 Å². The topological polar surface area (TPSA) is 67.9 Å². The lowest BCUT2D eigenvalue weighted by atomic mass is 9.84. The quantitative estimate of drug-likeness (QED) is 0.616. The minimum absolute atomic E-state index is 0.0154. The Bertz CT molecular complexity index is 1020. The number of nitrogens with one attached hydrogen (secondary N) is 1. The Labute approximate surface area is 193 Å². The number of rotatable bonds is 6. The van der Waals surface area contributed by atoms with E-state index in [9.17, 15) is 9.59 Å². The van der Waals surface area contributed by atoms with Gasteiger partial charge in [0, 0.05) is 23.9 Å². The van der Waals surface area contributed by atoms with Gasteiger partial charge in [-0.2, -0.15) is 0 Å². The zero-order valence-electron chi connectivity index (χ0n) is 19.0. The van der Waals surface area contributed by atoms with Crippen LogP contribution in [0.25, 0.3) is 0 Å². The SMILES string of the molecule is CC(CC(=O)Nc1cccc(C2SCC(=O)N2c2ccc3c(c2)OCO3)c1)CC(C)(C)C. The number of amides is 2. The molecule has 0 aromatic heterocycles. The molecular weight excluding hydrogens is 424 g/mol. The van der Waals surface area contributed by atoms with Crippen LogP contribution in [0.3, 0.4) is 0 Å². The van der Waals surface area contributed by atoms with E-state index in [1.165, 1.54) is 0 Å². The molecule has 2 amide bonds. The van der Waals surface area contributed by atoms with Crippen molar-refractivity contribution < 1.29 is 19.1 Å². The second-order valence-corrected chi connectivity index (χ2v) is 10.8. The summed E-state index contributed by atoms with van der Waals surface area (Å²) in [4.78, 5) is 27.1. The highest BCUT2D eigenvalue weighted by Crippen LogP contribution is 2.45. The molecule has 0 bridgehead atoms. The van der Waals surface area contributed by atoms with Crippen molar-refractivity contribution in [3.8, 4) is 11.5 Å². The molecule has 32 heavy (non-hydrogen) atoms. The van der Waals surface area contributed by atoms with Crippen LogP contribution in [0.2, 0.25) is 0 Å². The van der Waals surface area contributed by atoms with Crippen molar-refractivity contribution in [2.24, 2.45) is 11.3 Å². The molecule has 2 aliphatic heterocycles. The molecule has 0 spiro atoms. The van der Waals surface area contributed by atoms with Gasteiger partial charge in [0.25, 0.3) is 0 Å². The molecule has 2 aromatic rings. The first-order valence-corrected chi connectivity index (χ1v) is 12.0. The van der Waals surface area contributed by atoms with Crippen molar-refractivity contribution in [2.45, 2.75) is 45.9 Å². The van der Waals surface area contributed by atoms with Gasteiger partial charge in [0.05, 0.1) is 5.75 Å². The van der Waals surface area contributed by atoms with Gasteiger partial charge in [0.15, 0.2) is 11.5 Å². The van der Waals surface area contributed by atoms with Gasteiger partial charge in [0.1, 0.15) is 5.37 Å². The fourth-order valence-electron chi connectivity index (χ4n) is 4.40. The summed E-state index contributed by atoms with van der Waals surface area (Å²) in [5, 5.41) is 2.87. The average Bonchev–Trinajstić information content (AvgIpc) is 3.32. The van der Waals surface area contributed by atoms with E-state index in [4.69, 9.17) is 9.47 Å². The van der Waals surface area contributed by atoms with E-state index in [0.717, 1.165) is 23.4 Å². The summed E-state index contributed by atoms with van der Waals surface area (Å²) in [6, 6.07) is 13.3. The summed E-state index contributed by atoms with van der Waals surface area (Å²) in [7, 11) is 0. The number of benzene rings is 2. The Morgan fingerprint density at radius 2 is 1.97 bits per heavy atom. The maximum Gasteiger partial charge on any atom is 0.238 e. The van der Waals surface area contributed by atoms with Crippen LogP contribution in [-0.4, -0.2) is 24.4 Å². The van der Waals surface area contributed by atoms with Crippen LogP contribution < -0.4 is 19.7 Å². The summed E-state index contributed by atoms with van der Waals surface area (Å²) < 4.78 is 10.9. The van der Waals surface area contributed by atoms with Crippen LogP contribution in [0.15, 0.2) is 42.5 Å². The predicted octanol–water partition coefficient (Wildman–Crippen LogP) is 5.59. The van der Waals surface area contributed by atoms with Crippen molar-refractivity contribution in [1.82, 2.24) is 0 Å². The lowest BCUT2D eigenvalue weighted by Crippen LogP contribution is -2.27. The minimum Gasteiger partial charge on any atom is -0.454 e. The second-order valence-electron chi connectivity index (χ2n) is 9.71. The summed E-state index contributed by atoms with van der Waals surface area (Å²) in [6.07, 6.45) is 1.48. The Hall–Kier alpha value is -2.67. The highest BCUT2D eigenvalue weighted by atomic mass is 32.2. The molecule has 2 aromatic carbocycles. The minimum atomic E-state index is -0.167. The normalized spacial score (nSPS) is 18.7. The molecule has 1 fully saturated rings. The van der Waals surface area contributed by atoms with Crippen molar-refractivity contribution in [2.75, 3.05) is 22.8 Å². The van der Waals surface area contributed by atoms with Crippen molar-refractivity contribution in [1.29, 1.82) is 0 Å². The van der Waals surface area contributed by atoms with Gasteiger partial charge in [-0.05, 0) is 47.6 Å². The molecule has 4 rings (SSSR count). The van der Waals surface area contributed by atoms with Gasteiger partial charge in [-0.15, -0.1) is 11.8 Å². The molecule has 170 valence electrons. The predicted molar refractivity (Wildman–Crippen MR) is 128 cm³/mol. The van der Waals surface area contributed by atoms with E-state index >= 15 is 0 Å². The molecule has 0 radical (unpaired) electrons. The van der Waals surface area contributed by atoms with Crippen molar-refractivity contribution >= 4 is 35.0 Å². The standard InChI is InChI=1S/C25H30N2O4S/c1-16(13-25(2,3)4)10-22(28)26-18-7-5-6-17(11-18)24-27(23(29)14-32-24)19-8-9-20-21(12-19)31-15-30-20/h5-9,11-12,16,24H,10,13-15H2,1-4H3,(H,26,28). The van der Waals surface area contributed by atoms with E-state index in [0.29, 0.717) is 29.6 Å². The van der Waals surface area contributed by atoms with Gasteiger partial charge in [-0.25, -0.2) is 0 Å². The molecular formula is C25H30N2O4S. The van der Waals surface area contributed by atoms with Gasteiger partial charge in [-0.3, -0.25) is 14.5 Å². The third-order valence-electron chi connectivity index (χ3n) is 5.45. The maximum atomic E-state index is 12.7. The van der Waals surface area contributed by atoms with E-state index in [1.54, 1.807) is 16.7 Å². The van der Waals surface area contributed by atoms with Crippen LogP contribution >= 0.6 is 11.8 Å². The zero-order valence-corrected chi connectivity index (χ0v) is 19.8. The number of anilines is 2. The Kier molecular flexibility index (Phi) is 6.38. The number of nitrogens with zero attached hydrogens (tertiary/aromatic N) is 1. The molecule has 2 unspecified atom stereocenters. The number of hydrogen-bond acceptors (Lipinski definition) is 5. The lowest BCUT2D eigenvalue weighted by Gasteiger charge is -2.25. The number of fused-ring (bicyclic) bond motifs is 1. The first-order chi connectivity index (χ1) is 15.2. The number of thioether (sulfide) groups is 1. The Morgan fingerprint density at radius 3 is 2.75 bits per heavy atom. The molecule has 2 heterocycles. The third-order valence-corrected chi connectivity index (χ3v) is 6.66. The molecule has 7 heteroatoms. The monoisotopic (exact) mass is 454 g/mol. The maximum absolute atomic E-state index is 12.7. The summed E-state index contributed by atoms with van der Waals surface area (Å²) in [6.45, 7) is 8.89. The fourth-order valence-corrected chi connectivity index (χ4v) is 5.57. The van der Waals surface area contributed by atoms with Crippen LogP contribution in [0.4, 0.5) is 11.4 Å². The number of carbonyl (C=O) groups is 2. The van der Waals surface area contributed by atoms with Gasteiger partial charge in [-0.1, -0.05) is 39.8 Å². The molecule has 6 nitrogen and oxygen atoms in total. The summed E-state index contributed by atoms with van der Waals surface area (Å²) >= 11 is 1.58. The zero-order chi connectivity index (χ0) is 22.9. The second kappa shape index (κ2) is 9.06. The smallest absolute Gasteiger partial charge is 0.238 e. The number of hydrogen-bond donors (Lipinski definition) is 1. The lowest BCUT2D eigenvalue weighted by molar-refractivity contribution is -0.117. The fraction of sp³-hybridized carbons (Fsp3) is 0.440. The van der Waals surface area contributed by atoms with Gasteiger partial charge >= 0.3 is 0 Å². The molecule has 1 N–H and O–H groups in total.